The molecule has 1 heterocycles. The van der Waals surface area contributed by atoms with Gasteiger partial charge >= 0.3 is 0 Å². The van der Waals surface area contributed by atoms with Gasteiger partial charge in [0.2, 0.25) is 5.91 Å². The molecule has 0 N–H and O–H groups in total. The molecule has 0 saturated carbocycles. The molecule has 1 amide bonds. The SMILES string of the molecule is O=C(CS(=O)Cc1cccc(F)c1)N1CCN(c2ccc(F)cc2)CC1. The largest absolute Gasteiger partial charge is 0.368 e. The second-order valence-electron chi connectivity index (χ2n) is 6.20. The Bertz CT molecular complexity index is 790. The summed E-state index contributed by atoms with van der Waals surface area (Å²) in [6, 6.07) is 12.2. The van der Waals surface area contributed by atoms with E-state index in [2.05, 4.69) is 4.90 Å². The Labute approximate surface area is 153 Å². The number of piperazine rings is 1. The quantitative estimate of drug-likeness (QED) is 0.803. The average Bonchev–Trinajstić information content (AvgIpc) is 2.62. The van der Waals surface area contributed by atoms with Gasteiger partial charge in [-0.2, -0.15) is 0 Å². The molecule has 1 aliphatic heterocycles. The third-order valence-electron chi connectivity index (χ3n) is 4.33. The van der Waals surface area contributed by atoms with Crippen molar-refractivity contribution in [3.63, 3.8) is 0 Å². The lowest BCUT2D eigenvalue weighted by molar-refractivity contribution is -0.128. The third-order valence-corrected chi connectivity index (χ3v) is 5.55. The average molecular weight is 378 g/mol. The van der Waals surface area contributed by atoms with Crippen LogP contribution in [0.1, 0.15) is 5.56 Å². The molecule has 1 unspecified atom stereocenters. The summed E-state index contributed by atoms with van der Waals surface area (Å²) in [6.45, 7) is 2.36. The maximum atomic E-state index is 13.2. The van der Waals surface area contributed by atoms with Crippen LogP contribution in [-0.2, 0) is 21.3 Å². The Morgan fingerprint density at radius 2 is 1.65 bits per heavy atom. The summed E-state index contributed by atoms with van der Waals surface area (Å²) in [4.78, 5) is 16.1. The lowest BCUT2D eigenvalue weighted by Gasteiger charge is -2.36. The van der Waals surface area contributed by atoms with E-state index in [-0.39, 0.29) is 29.0 Å². The van der Waals surface area contributed by atoms with Crippen LogP contribution in [0.15, 0.2) is 48.5 Å². The van der Waals surface area contributed by atoms with Crippen LogP contribution in [-0.4, -0.2) is 46.9 Å². The lowest BCUT2D eigenvalue weighted by Crippen LogP contribution is -2.50. The summed E-state index contributed by atoms with van der Waals surface area (Å²) in [5.41, 5.74) is 1.55. The van der Waals surface area contributed by atoms with Gasteiger partial charge in [0.15, 0.2) is 0 Å². The molecule has 3 rings (SSSR count). The molecule has 0 spiro atoms. The van der Waals surface area contributed by atoms with Crippen LogP contribution in [0.4, 0.5) is 14.5 Å². The molecule has 1 saturated heterocycles. The minimum Gasteiger partial charge on any atom is -0.368 e. The van der Waals surface area contributed by atoms with E-state index < -0.39 is 10.8 Å². The van der Waals surface area contributed by atoms with E-state index in [1.165, 1.54) is 24.3 Å². The van der Waals surface area contributed by atoms with Crippen LogP contribution in [0, 0.1) is 11.6 Å². The Balaban J connectivity index is 1.48. The highest BCUT2D eigenvalue weighted by Crippen LogP contribution is 2.17. The van der Waals surface area contributed by atoms with Crippen molar-refractivity contribution in [1.29, 1.82) is 0 Å². The standard InChI is InChI=1S/C19H20F2N2O2S/c20-16-4-6-18(7-5-16)22-8-10-23(11-9-22)19(24)14-26(25)13-15-2-1-3-17(21)12-15/h1-7,12H,8-11,13-14H2. The number of benzene rings is 2. The van der Waals surface area contributed by atoms with Gasteiger partial charge in [0.1, 0.15) is 17.4 Å². The topological polar surface area (TPSA) is 40.6 Å². The number of amides is 1. The fraction of sp³-hybridized carbons (Fsp3) is 0.316. The van der Waals surface area contributed by atoms with Gasteiger partial charge < -0.3 is 9.80 Å². The number of anilines is 1. The minimum atomic E-state index is -1.37. The van der Waals surface area contributed by atoms with Gasteiger partial charge in [0, 0.05) is 48.4 Å². The highest BCUT2D eigenvalue weighted by molar-refractivity contribution is 7.84. The Kier molecular flexibility index (Phi) is 5.98. The first-order valence-electron chi connectivity index (χ1n) is 8.39. The molecule has 2 aromatic rings. The molecule has 138 valence electrons. The maximum Gasteiger partial charge on any atom is 0.235 e. The zero-order chi connectivity index (χ0) is 18.5. The molecular weight excluding hydrogens is 358 g/mol. The number of carbonyl (C=O) groups excluding carboxylic acids is 1. The van der Waals surface area contributed by atoms with Gasteiger partial charge in [-0.15, -0.1) is 0 Å². The molecule has 1 aliphatic rings. The van der Waals surface area contributed by atoms with Crippen molar-refractivity contribution in [2.45, 2.75) is 5.75 Å². The fourth-order valence-corrected chi connectivity index (χ4v) is 4.07. The maximum absolute atomic E-state index is 13.2. The van der Waals surface area contributed by atoms with Crippen LogP contribution < -0.4 is 4.90 Å². The summed E-state index contributed by atoms with van der Waals surface area (Å²) in [5.74, 6) is -0.698. The zero-order valence-electron chi connectivity index (χ0n) is 14.2. The van der Waals surface area contributed by atoms with Gasteiger partial charge in [0.05, 0.1) is 0 Å². The predicted molar refractivity (Wildman–Crippen MR) is 98.3 cm³/mol. The molecule has 26 heavy (non-hydrogen) atoms. The van der Waals surface area contributed by atoms with Crippen molar-refractivity contribution in [3.05, 3.63) is 65.7 Å². The highest BCUT2D eigenvalue weighted by Gasteiger charge is 2.22. The summed E-state index contributed by atoms with van der Waals surface area (Å²) in [7, 11) is -1.37. The summed E-state index contributed by atoms with van der Waals surface area (Å²) in [6.07, 6.45) is 0. The van der Waals surface area contributed by atoms with E-state index in [9.17, 15) is 17.8 Å². The number of hydrogen-bond acceptors (Lipinski definition) is 3. The van der Waals surface area contributed by atoms with Crippen LogP contribution in [0.2, 0.25) is 0 Å². The van der Waals surface area contributed by atoms with Crippen LogP contribution in [0.25, 0.3) is 0 Å². The molecule has 1 atom stereocenters. The fourth-order valence-electron chi connectivity index (χ4n) is 2.96. The van der Waals surface area contributed by atoms with Gasteiger partial charge in [0.25, 0.3) is 0 Å². The van der Waals surface area contributed by atoms with Gasteiger partial charge in [-0.05, 0) is 42.0 Å². The van der Waals surface area contributed by atoms with Gasteiger partial charge in [-0.1, -0.05) is 12.1 Å². The number of carbonyl (C=O) groups is 1. The van der Waals surface area contributed by atoms with Crippen molar-refractivity contribution >= 4 is 22.4 Å². The highest BCUT2D eigenvalue weighted by atomic mass is 32.2. The van der Waals surface area contributed by atoms with E-state index in [1.807, 2.05) is 0 Å². The number of rotatable bonds is 5. The molecule has 0 radical (unpaired) electrons. The van der Waals surface area contributed by atoms with Crippen molar-refractivity contribution in [1.82, 2.24) is 4.90 Å². The number of halogens is 2. The van der Waals surface area contributed by atoms with E-state index in [4.69, 9.17) is 0 Å². The molecule has 2 aromatic carbocycles. The van der Waals surface area contributed by atoms with Gasteiger partial charge in [-0.3, -0.25) is 9.00 Å². The second kappa shape index (κ2) is 8.40. The van der Waals surface area contributed by atoms with Gasteiger partial charge in [-0.25, -0.2) is 8.78 Å². The minimum absolute atomic E-state index is 0.0624. The Morgan fingerprint density at radius 3 is 2.31 bits per heavy atom. The third kappa shape index (κ3) is 4.88. The smallest absolute Gasteiger partial charge is 0.235 e. The zero-order valence-corrected chi connectivity index (χ0v) is 15.1. The van der Waals surface area contributed by atoms with E-state index in [0.717, 1.165) is 5.69 Å². The Morgan fingerprint density at radius 1 is 0.962 bits per heavy atom. The lowest BCUT2D eigenvalue weighted by atomic mass is 10.2. The van der Waals surface area contributed by atoms with Crippen LogP contribution >= 0.6 is 0 Å². The monoisotopic (exact) mass is 378 g/mol. The molecule has 0 aromatic heterocycles. The van der Waals surface area contributed by atoms with E-state index in [0.29, 0.717) is 31.7 Å². The van der Waals surface area contributed by atoms with E-state index >= 15 is 0 Å². The molecule has 1 fully saturated rings. The summed E-state index contributed by atoms with van der Waals surface area (Å²) >= 11 is 0. The second-order valence-corrected chi connectivity index (χ2v) is 7.66. The molecule has 0 aliphatic carbocycles. The van der Waals surface area contributed by atoms with Crippen LogP contribution in [0.3, 0.4) is 0 Å². The van der Waals surface area contributed by atoms with Crippen molar-refractivity contribution in [2.75, 3.05) is 36.8 Å². The van der Waals surface area contributed by atoms with Crippen molar-refractivity contribution in [2.24, 2.45) is 0 Å². The number of nitrogens with zero attached hydrogens (tertiary/aromatic N) is 2. The van der Waals surface area contributed by atoms with E-state index in [1.54, 1.807) is 29.2 Å². The first-order chi connectivity index (χ1) is 12.5. The Hall–Kier alpha value is -2.28. The first kappa shape index (κ1) is 18.5. The van der Waals surface area contributed by atoms with Crippen molar-refractivity contribution < 1.29 is 17.8 Å². The molecule has 4 nitrogen and oxygen atoms in total. The first-order valence-corrected chi connectivity index (χ1v) is 9.88. The molecule has 0 bridgehead atoms. The predicted octanol–water partition coefficient (Wildman–Crippen LogP) is 2.56. The number of hydrogen-bond donors (Lipinski definition) is 0. The van der Waals surface area contributed by atoms with Crippen LogP contribution in [0.5, 0.6) is 0 Å². The summed E-state index contributed by atoms with van der Waals surface area (Å²) in [5, 5.41) is 0. The van der Waals surface area contributed by atoms with Crippen molar-refractivity contribution in [3.8, 4) is 0 Å². The molecular formula is C19H20F2N2O2S. The normalized spacial score (nSPS) is 15.8. The molecule has 7 heteroatoms. The summed E-state index contributed by atoms with van der Waals surface area (Å²) < 4.78 is 38.4.